The number of benzene rings is 1. The van der Waals surface area contributed by atoms with Gasteiger partial charge in [0.1, 0.15) is 0 Å². The predicted molar refractivity (Wildman–Crippen MR) is 78.6 cm³/mol. The highest BCUT2D eigenvalue weighted by atomic mass is 16.5. The predicted octanol–water partition coefficient (Wildman–Crippen LogP) is 2.69. The highest BCUT2D eigenvalue weighted by molar-refractivity contribution is 5.82. The zero-order valence-corrected chi connectivity index (χ0v) is 12.2. The molecule has 0 unspecified atom stereocenters. The molecule has 0 atom stereocenters. The Kier molecular flexibility index (Phi) is 4.98. The van der Waals surface area contributed by atoms with Crippen molar-refractivity contribution in [2.75, 3.05) is 13.2 Å². The molecule has 0 aliphatic heterocycles. The lowest BCUT2D eigenvalue weighted by atomic mass is 10.1. The summed E-state index contributed by atoms with van der Waals surface area (Å²) < 4.78 is 15.6. The van der Waals surface area contributed by atoms with Crippen molar-refractivity contribution in [1.82, 2.24) is 0 Å². The third-order valence-corrected chi connectivity index (χ3v) is 3.00. The number of para-hydroxylation sites is 1. The van der Waals surface area contributed by atoms with Crippen LogP contribution in [0, 0.1) is 0 Å². The largest absolute Gasteiger partial charge is 0.490 e. The van der Waals surface area contributed by atoms with E-state index >= 15 is 0 Å². The SMILES string of the molecule is CCOC(=O)CCc1cc2cccc(OCC)c2oc1=O. The van der Waals surface area contributed by atoms with E-state index in [9.17, 15) is 9.59 Å². The molecule has 2 rings (SSSR count). The smallest absolute Gasteiger partial charge is 0.339 e. The molecule has 5 heteroatoms. The van der Waals surface area contributed by atoms with E-state index in [1.54, 1.807) is 19.1 Å². The number of ether oxygens (including phenoxy) is 2. The van der Waals surface area contributed by atoms with Gasteiger partial charge in [-0.25, -0.2) is 4.79 Å². The molecule has 1 aromatic carbocycles. The Hall–Kier alpha value is -2.30. The standard InChI is InChI=1S/C16H18O5/c1-3-19-13-7-5-6-11-10-12(16(18)21-15(11)13)8-9-14(17)20-4-2/h5-7,10H,3-4,8-9H2,1-2H3. The molecule has 0 amide bonds. The number of carbonyl (C=O) groups excluding carboxylic acids is 1. The Balaban J connectivity index is 2.29. The fraction of sp³-hybridized carbons (Fsp3) is 0.375. The molecule has 0 saturated heterocycles. The first kappa shape index (κ1) is 15.1. The van der Waals surface area contributed by atoms with Crippen molar-refractivity contribution >= 4 is 16.9 Å². The minimum absolute atomic E-state index is 0.162. The fourth-order valence-corrected chi connectivity index (χ4v) is 2.07. The van der Waals surface area contributed by atoms with Crippen molar-refractivity contribution in [3.05, 3.63) is 40.2 Å². The Bertz CT molecular complexity index is 687. The van der Waals surface area contributed by atoms with Gasteiger partial charge < -0.3 is 13.9 Å². The topological polar surface area (TPSA) is 65.7 Å². The first-order valence-electron chi connectivity index (χ1n) is 6.99. The van der Waals surface area contributed by atoms with E-state index in [1.165, 1.54) is 0 Å². The molecule has 1 aromatic heterocycles. The molecule has 0 fully saturated rings. The summed E-state index contributed by atoms with van der Waals surface area (Å²) in [6, 6.07) is 7.17. The summed E-state index contributed by atoms with van der Waals surface area (Å²) in [5, 5.41) is 0.777. The molecule has 0 aliphatic rings. The van der Waals surface area contributed by atoms with Crippen LogP contribution in [0.5, 0.6) is 5.75 Å². The van der Waals surface area contributed by atoms with Crippen LogP contribution in [0.25, 0.3) is 11.0 Å². The molecular formula is C16H18O5. The first-order chi connectivity index (χ1) is 10.2. The molecule has 1 heterocycles. The van der Waals surface area contributed by atoms with E-state index in [0.717, 1.165) is 5.39 Å². The van der Waals surface area contributed by atoms with Crippen molar-refractivity contribution in [2.24, 2.45) is 0 Å². The summed E-state index contributed by atoms with van der Waals surface area (Å²) in [5.74, 6) is 0.226. The van der Waals surface area contributed by atoms with Crippen LogP contribution in [-0.2, 0) is 16.0 Å². The Morgan fingerprint density at radius 1 is 1.24 bits per heavy atom. The molecule has 0 radical (unpaired) electrons. The lowest BCUT2D eigenvalue weighted by Gasteiger charge is -2.07. The monoisotopic (exact) mass is 290 g/mol. The van der Waals surface area contributed by atoms with Gasteiger partial charge in [0.15, 0.2) is 11.3 Å². The second kappa shape index (κ2) is 6.92. The van der Waals surface area contributed by atoms with Crippen LogP contribution < -0.4 is 10.4 Å². The molecule has 112 valence electrons. The van der Waals surface area contributed by atoms with Crippen LogP contribution in [0.15, 0.2) is 33.5 Å². The summed E-state index contributed by atoms with van der Waals surface area (Å²) in [6.07, 6.45) is 0.464. The molecule has 0 spiro atoms. The third kappa shape index (κ3) is 3.62. The van der Waals surface area contributed by atoms with E-state index in [0.29, 0.717) is 36.5 Å². The lowest BCUT2D eigenvalue weighted by molar-refractivity contribution is -0.143. The Labute approximate surface area is 122 Å². The normalized spacial score (nSPS) is 10.6. The van der Waals surface area contributed by atoms with Crippen molar-refractivity contribution < 1.29 is 18.7 Å². The van der Waals surface area contributed by atoms with Crippen molar-refractivity contribution in [2.45, 2.75) is 26.7 Å². The summed E-state index contributed by atoms with van der Waals surface area (Å²) in [4.78, 5) is 23.3. The van der Waals surface area contributed by atoms with Crippen molar-refractivity contribution in [3.8, 4) is 5.75 Å². The van der Waals surface area contributed by atoms with E-state index < -0.39 is 5.63 Å². The quantitative estimate of drug-likeness (QED) is 0.604. The van der Waals surface area contributed by atoms with Gasteiger partial charge in [-0.05, 0) is 32.4 Å². The third-order valence-electron chi connectivity index (χ3n) is 3.00. The van der Waals surface area contributed by atoms with E-state index in [4.69, 9.17) is 13.9 Å². The maximum atomic E-state index is 12.0. The number of carbonyl (C=O) groups is 1. The van der Waals surface area contributed by atoms with Crippen LogP contribution >= 0.6 is 0 Å². The molecular weight excluding hydrogens is 272 g/mol. The van der Waals surface area contributed by atoms with Gasteiger partial charge in [-0.15, -0.1) is 0 Å². The molecule has 0 saturated carbocycles. The van der Waals surface area contributed by atoms with Crippen LogP contribution in [0.1, 0.15) is 25.8 Å². The number of hydrogen-bond donors (Lipinski definition) is 0. The van der Waals surface area contributed by atoms with E-state index in [-0.39, 0.29) is 12.4 Å². The number of fused-ring (bicyclic) bond motifs is 1. The number of hydrogen-bond acceptors (Lipinski definition) is 5. The van der Waals surface area contributed by atoms with E-state index in [2.05, 4.69) is 0 Å². The van der Waals surface area contributed by atoms with Crippen LogP contribution in [-0.4, -0.2) is 19.2 Å². The highest BCUT2D eigenvalue weighted by Gasteiger charge is 2.11. The molecule has 0 bridgehead atoms. The molecule has 5 nitrogen and oxygen atoms in total. The summed E-state index contributed by atoms with van der Waals surface area (Å²) in [7, 11) is 0. The maximum Gasteiger partial charge on any atom is 0.339 e. The van der Waals surface area contributed by atoms with Crippen LogP contribution in [0.3, 0.4) is 0 Å². The summed E-state index contributed by atoms with van der Waals surface area (Å²) >= 11 is 0. The second-order valence-corrected chi connectivity index (χ2v) is 4.47. The summed E-state index contributed by atoms with van der Waals surface area (Å²) in [6.45, 7) is 4.44. The van der Waals surface area contributed by atoms with Gasteiger partial charge >= 0.3 is 11.6 Å². The Morgan fingerprint density at radius 2 is 2.05 bits per heavy atom. The minimum Gasteiger partial charge on any atom is -0.490 e. The minimum atomic E-state index is -0.445. The van der Waals surface area contributed by atoms with Crippen LogP contribution in [0.2, 0.25) is 0 Å². The van der Waals surface area contributed by atoms with Crippen LogP contribution in [0.4, 0.5) is 0 Å². The highest BCUT2D eigenvalue weighted by Crippen LogP contribution is 2.25. The number of rotatable bonds is 6. The average molecular weight is 290 g/mol. The van der Waals surface area contributed by atoms with Gasteiger partial charge in [0.05, 0.1) is 13.2 Å². The summed E-state index contributed by atoms with van der Waals surface area (Å²) in [5.41, 5.74) is 0.451. The van der Waals surface area contributed by atoms with Crippen molar-refractivity contribution in [3.63, 3.8) is 0 Å². The zero-order valence-electron chi connectivity index (χ0n) is 12.2. The number of aryl methyl sites for hydroxylation is 1. The van der Waals surface area contributed by atoms with Gasteiger partial charge in [-0.2, -0.15) is 0 Å². The lowest BCUT2D eigenvalue weighted by Crippen LogP contribution is -2.11. The van der Waals surface area contributed by atoms with Gasteiger partial charge in [-0.1, -0.05) is 12.1 Å². The van der Waals surface area contributed by atoms with Gasteiger partial charge in [0.2, 0.25) is 0 Å². The van der Waals surface area contributed by atoms with Crippen molar-refractivity contribution in [1.29, 1.82) is 0 Å². The maximum absolute atomic E-state index is 12.0. The number of esters is 1. The zero-order chi connectivity index (χ0) is 15.2. The van der Waals surface area contributed by atoms with Gasteiger partial charge in [-0.3, -0.25) is 4.79 Å². The molecule has 2 aromatic rings. The van der Waals surface area contributed by atoms with Gasteiger partial charge in [0.25, 0.3) is 0 Å². The molecule has 21 heavy (non-hydrogen) atoms. The Morgan fingerprint density at radius 3 is 2.76 bits per heavy atom. The van der Waals surface area contributed by atoms with E-state index in [1.807, 2.05) is 19.1 Å². The molecule has 0 aliphatic carbocycles. The first-order valence-corrected chi connectivity index (χ1v) is 6.99. The van der Waals surface area contributed by atoms with Gasteiger partial charge in [0, 0.05) is 17.4 Å². The average Bonchev–Trinajstić information content (AvgIpc) is 2.46. The fourth-order valence-electron chi connectivity index (χ4n) is 2.07. The second-order valence-electron chi connectivity index (χ2n) is 4.47. The molecule has 0 N–H and O–H groups in total.